The standard InChI is InChI=1S/C19H30N2O4S/c1-15(2)25-18-12-8-7-11-17(18)21(26(3,23)24)14-13-19(22)20-16-9-5-4-6-10-16/h7-8,11-12,15-16H,4-6,9-10,13-14H2,1-3H3,(H,20,22). The number of carbonyl (C=O) groups is 1. The quantitative estimate of drug-likeness (QED) is 0.750. The summed E-state index contributed by atoms with van der Waals surface area (Å²) in [6, 6.07) is 7.24. The van der Waals surface area contributed by atoms with E-state index < -0.39 is 10.0 Å². The Morgan fingerprint density at radius 1 is 1.23 bits per heavy atom. The van der Waals surface area contributed by atoms with Crippen LogP contribution in [0.25, 0.3) is 0 Å². The van der Waals surface area contributed by atoms with Gasteiger partial charge in [0.1, 0.15) is 5.75 Å². The summed E-state index contributed by atoms with van der Waals surface area (Å²) in [6.45, 7) is 3.87. The monoisotopic (exact) mass is 382 g/mol. The number of hydrogen-bond donors (Lipinski definition) is 1. The van der Waals surface area contributed by atoms with Crippen LogP contribution < -0.4 is 14.4 Å². The fraction of sp³-hybridized carbons (Fsp3) is 0.632. The Hall–Kier alpha value is -1.76. The van der Waals surface area contributed by atoms with Crippen LogP contribution in [-0.2, 0) is 14.8 Å². The van der Waals surface area contributed by atoms with Crippen LogP contribution in [0.3, 0.4) is 0 Å². The van der Waals surface area contributed by atoms with Gasteiger partial charge in [-0.2, -0.15) is 0 Å². The van der Waals surface area contributed by atoms with Gasteiger partial charge in [-0.05, 0) is 38.8 Å². The molecule has 1 N–H and O–H groups in total. The second kappa shape index (κ2) is 9.26. The number of rotatable bonds is 8. The number of nitrogens with one attached hydrogen (secondary N) is 1. The number of nitrogens with zero attached hydrogens (tertiary/aromatic N) is 1. The topological polar surface area (TPSA) is 75.7 Å². The number of hydrogen-bond acceptors (Lipinski definition) is 4. The molecule has 1 aliphatic carbocycles. The van der Waals surface area contributed by atoms with Crippen LogP contribution in [0.2, 0.25) is 0 Å². The van der Waals surface area contributed by atoms with E-state index >= 15 is 0 Å². The van der Waals surface area contributed by atoms with Crippen molar-refractivity contribution in [1.29, 1.82) is 0 Å². The molecule has 1 saturated carbocycles. The lowest BCUT2D eigenvalue weighted by atomic mass is 9.95. The van der Waals surface area contributed by atoms with Crippen LogP contribution in [0.5, 0.6) is 5.75 Å². The number of benzene rings is 1. The maximum absolute atomic E-state index is 12.3. The Kier molecular flexibility index (Phi) is 7.32. The highest BCUT2D eigenvalue weighted by Crippen LogP contribution is 2.30. The fourth-order valence-electron chi connectivity index (χ4n) is 3.23. The number of sulfonamides is 1. The van der Waals surface area contributed by atoms with Crippen molar-refractivity contribution >= 4 is 21.6 Å². The number of amides is 1. The van der Waals surface area contributed by atoms with Gasteiger partial charge in [0.25, 0.3) is 0 Å². The second-order valence-corrected chi connectivity index (χ2v) is 9.03. The lowest BCUT2D eigenvalue weighted by Gasteiger charge is -2.26. The summed E-state index contributed by atoms with van der Waals surface area (Å²) in [5.41, 5.74) is 0.467. The highest BCUT2D eigenvalue weighted by atomic mass is 32.2. The van der Waals surface area contributed by atoms with Crippen LogP contribution in [-0.4, -0.2) is 39.3 Å². The Balaban J connectivity index is 2.08. The number of anilines is 1. The third kappa shape index (κ3) is 6.20. The first-order valence-electron chi connectivity index (χ1n) is 9.30. The Bertz CT molecular complexity index is 697. The molecule has 0 unspecified atom stereocenters. The van der Waals surface area contributed by atoms with Crippen molar-refractivity contribution in [2.75, 3.05) is 17.1 Å². The van der Waals surface area contributed by atoms with Crippen LogP contribution >= 0.6 is 0 Å². The normalized spacial score (nSPS) is 15.7. The van der Waals surface area contributed by atoms with E-state index in [0.29, 0.717) is 11.4 Å². The van der Waals surface area contributed by atoms with Crippen molar-refractivity contribution in [3.8, 4) is 5.75 Å². The van der Waals surface area contributed by atoms with Crippen molar-refractivity contribution in [1.82, 2.24) is 5.32 Å². The van der Waals surface area contributed by atoms with Gasteiger partial charge in [-0.3, -0.25) is 9.10 Å². The van der Waals surface area contributed by atoms with Crippen molar-refractivity contribution in [2.24, 2.45) is 0 Å². The molecule has 0 aromatic heterocycles. The third-order valence-corrected chi connectivity index (χ3v) is 5.59. The average Bonchev–Trinajstić information content (AvgIpc) is 2.55. The predicted octanol–water partition coefficient (Wildman–Crippen LogP) is 3.08. The molecule has 0 aliphatic heterocycles. The number of ether oxygens (including phenoxy) is 1. The van der Waals surface area contributed by atoms with E-state index in [0.717, 1.165) is 31.9 Å². The van der Waals surface area contributed by atoms with Crippen LogP contribution in [0, 0.1) is 0 Å². The van der Waals surface area contributed by atoms with Crippen molar-refractivity contribution in [2.45, 2.75) is 64.5 Å². The SMILES string of the molecule is CC(C)Oc1ccccc1N(CCC(=O)NC1CCCCC1)S(C)(=O)=O. The molecule has 0 atom stereocenters. The molecule has 1 amide bonds. The van der Waals surface area contributed by atoms with Gasteiger partial charge >= 0.3 is 0 Å². The maximum Gasteiger partial charge on any atom is 0.232 e. The predicted molar refractivity (Wildman–Crippen MR) is 104 cm³/mol. The molecule has 26 heavy (non-hydrogen) atoms. The number of para-hydroxylation sites is 2. The molecule has 1 fully saturated rings. The van der Waals surface area contributed by atoms with E-state index in [9.17, 15) is 13.2 Å². The van der Waals surface area contributed by atoms with Gasteiger partial charge in [0.05, 0.1) is 18.0 Å². The second-order valence-electron chi connectivity index (χ2n) is 7.12. The molecule has 0 saturated heterocycles. The van der Waals surface area contributed by atoms with E-state index in [4.69, 9.17) is 4.74 Å². The molecule has 0 spiro atoms. The van der Waals surface area contributed by atoms with Gasteiger partial charge < -0.3 is 10.1 Å². The summed E-state index contributed by atoms with van der Waals surface area (Å²) in [6.07, 6.45) is 6.71. The molecule has 0 radical (unpaired) electrons. The van der Waals surface area contributed by atoms with E-state index in [2.05, 4.69) is 5.32 Å². The van der Waals surface area contributed by atoms with Gasteiger partial charge in [-0.25, -0.2) is 8.42 Å². The Morgan fingerprint density at radius 3 is 2.50 bits per heavy atom. The van der Waals surface area contributed by atoms with Crippen molar-refractivity contribution in [3.63, 3.8) is 0 Å². The first-order chi connectivity index (χ1) is 12.3. The zero-order valence-electron chi connectivity index (χ0n) is 15.9. The van der Waals surface area contributed by atoms with E-state index in [1.54, 1.807) is 24.3 Å². The molecule has 1 aromatic rings. The summed E-state index contributed by atoms with van der Waals surface area (Å²) in [5, 5.41) is 3.03. The minimum absolute atomic E-state index is 0.0767. The molecular formula is C19H30N2O4S. The van der Waals surface area contributed by atoms with Gasteiger partial charge in [0, 0.05) is 19.0 Å². The first kappa shape index (κ1) is 20.6. The summed E-state index contributed by atoms with van der Waals surface area (Å²) in [4.78, 5) is 12.3. The molecule has 1 aliphatic rings. The summed E-state index contributed by atoms with van der Waals surface area (Å²) < 4.78 is 31.6. The summed E-state index contributed by atoms with van der Waals surface area (Å²) >= 11 is 0. The molecule has 1 aromatic carbocycles. The minimum atomic E-state index is -3.53. The smallest absolute Gasteiger partial charge is 0.232 e. The molecule has 6 nitrogen and oxygen atoms in total. The summed E-state index contributed by atoms with van der Waals surface area (Å²) in [7, 11) is -3.53. The zero-order chi connectivity index (χ0) is 19.2. The van der Waals surface area contributed by atoms with Crippen LogP contribution in [0.1, 0.15) is 52.4 Å². The molecule has 2 rings (SSSR count). The van der Waals surface area contributed by atoms with Gasteiger partial charge in [-0.1, -0.05) is 31.4 Å². The minimum Gasteiger partial charge on any atom is -0.489 e. The Morgan fingerprint density at radius 2 is 1.88 bits per heavy atom. The molecule has 0 bridgehead atoms. The molecular weight excluding hydrogens is 352 g/mol. The van der Waals surface area contributed by atoms with Gasteiger partial charge in [0.2, 0.25) is 15.9 Å². The molecule has 7 heteroatoms. The van der Waals surface area contributed by atoms with Crippen molar-refractivity contribution in [3.05, 3.63) is 24.3 Å². The average molecular weight is 383 g/mol. The first-order valence-corrected chi connectivity index (χ1v) is 11.1. The van der Waals surface area contributed by atoms with E-state index in [1.807, 2.05) is 13.8 Å². The van der Waals surface area contributed by atoms with Gasteiger partial charge in [-0.15, -0.1) is 0 Å². The Labute approximate surface area is 157 Å². The zero-order valence-corrected chi connectivity index (χ0v) is 16.7. The lowest BCUT2D eigenvalue weighted by molar-refractivity contribution is -0.121. The largest absolute Gasteiger partial charge is 0.489 e. The highest BCUT2D eigenvalue weighted by Gasteiger charge is 2.23. The van der Waals surface area contributed by atoms with Crippen LogP contribution in [0.15, 0.2) is 24.3 Å². The third-order valence-electron chi connectivity index (χ3n) is 4.41. The molecule has 146 valence electrons. The maximum atomic E-state index is 12.3. The van der Waals surface area contributed by atoms with Crippen LogP contribution in [0.4, 0.5) is 5.69 Å². The van der Waals surface area contributed by atoms with Gasteiger partial charge in [0.15, 0.2) is 0 Å². The lowest BCUT2D eigenvalue weighted by Crippen LogP contribution is -2.39. The van der Waals surface area contributed by atoms with Crippen molar-refractivity contribution < 1.29 is 17.9 Å². The van der Waals surface area contributed by atoms with E-state index in [-0.39, 0.29) is 31.0 Å². The van der Waals surface area contributed by atoms with E-state index in [1.165, 1.54) is 10.7 Å². The highest BCUT2D eigenvalue weighted by molar-refractivity contribution is 7.92. The fourth-order valence-corrected chi connectivity index (χ4v) is 4.16. The summed E-state index contributed by atoms with van der Waals surface area (Å²) in [5.74, 6) is 0.397. The molecule has 0 heterocycles. The number of carbonyl (C=O) groups excluding carboxylic acids is 1.